The van der Waals surface area contributed by atoms with Gasteiger partial charge in [-0.15, -0.1) is 0 Å². The lowest BCUT2D eigenvalue weighted by Crippen LogP contribution is -2.26. The van der Waals surface area contributed by atoms with Crippen molar-refractivity contribution >= 4 is 5.84 Å². The van der Waals surface area contributed by atoms with Crippen molar-refractivity contribution in [3.63, 3.8) is 0 Å². The van der Waals surface area contributed by atoms with Gasteiger partial charge in [-0.05, 0) is 26.2 Å². The first-order valence-electron chi connectivity index (χ1n) is 6.18. The summed E-state index contributed by atoms with van der Waals surface area (Å²) in [5.41, 5.74) is 6.06. The minimum Gasteiger partial charge on any atom is -0.387 e. The molecule has 0 aromatic heterocycles. The fourth-order valence-electron chi connectivity index (χ4n) is 2.60. The number of amidine groups is 1. The summed E-state index contributed by atoms with van der Waals surface area (Å²) in [5, 5.41) is 0. The Hall–Kier alpha value is -0.570. The lowest BCUT2D eigenvalue weighted by molar-refractivity contribution is 0.182. The zero-order valence-corrected chi connectivity index (χ0v) is 9.61. The molecule has 3 heteroatoms. The van der Waals surface area contributed by atoms with Crippen molar-refractivity contribution in [1.29, 1.82) is 0 Å². The number of ether oxygens (including phenoxy) is 1. The van der Waals surface area contributed by atoms with Crippen molar-refractivity contribution in [2.45, 2.75) is 45.1 Å². The van der Waals surface area contributed by atoms with E-state index in [0.717, 1.165) is 25.5 Å². The van der Waals surface area contributed by atoms with Gasteiger partial charge in [-0.3, -0.25) is 4.99 Å². The second kappa shape index (κ2) is 4.97. The van der Waals surface area contributed by atoms with E-state index in [2.05, 4.69) is 11.9 Å². The van der Waals surface area contributed by atoms with E-state index in [1.807, 2.05) is 0 Å². The van der Waals surface area contributed by atoms with Crippen LogP contribution in [0, 0.1) is 11.8 Å². The average molecular weight is 210 g/mol. The van der Waals surface area contributed by atoms with Crippen molar-refractivity contribution in [2.24, 2.45) is 22.6 Å². The van der Waals surface area contributed by atoms with Gasteiger partial charge in [0.1, 0.15) is 0 Å². The number of nitrogens with two attached hydrogens (primary N) is 1. The van der Waals surface area contributed by atoms with Crippen LogP contribution in [0.4, 0.5) is 0 Å². The molecule has 2 fully saturated rings. The number of hydrogen-bond donors (Lipinski definition) is 1. The van der Waals surface area contributed by atoms with Crippen molar-refractivity contribution < 1.29 is 4.74 Å². The van der Waals surface area contributed by atoms with Gasteiger partial charge in [-0.25, -0.2) is 0 Å². The first-order valence-corrected chi connectivity index (χ1v) is 6.18. The summed E-state index contributed by atoms with van der Waals surface area (Å²) in [6.07, 6.45) is 6.26. The third-order valence-corrected chi connectivity index (χ3v) is 3.77. The van der Waals surface area contributed by atoms with Gasteiger partial charge in [0.15, 0.2) is 0 Å². The molecular weight excluding hydrogens is 188 g/mol. The van der Waals surface area contributed by atoms with Gasteiger partial charge in [0.05, 0.1) is 18.5 Å². The summed E-state index contributed by atoms with van der Waals surface area (Å²) in [5.74, 6) is 2.05. The molecule has 0 amide bonds. The van der Waals surface area contributed by atoms with Crippen LogP contribution in [0.3, 0.4) is 0 Å². The molecule has 0 bridgehead atoms. The molecule has 1 aliphatic heterocycles. The van der Waals surface area contributed by atoms with E-state index in [4.69, 9.17) is 10.5 Å². The maximum Gasteiger partial charge on any atom is 0.0971 e. The second-order valence-electron chi connectivity index (χ2n) is 4.90. The van der Waals surface area contributed by atoms with Gasteiger partial charge in [-0.1, -0.05) is 12.8 Å². The highest BCUT2D eigenvalue weighted by molar-refractivity contribution is 5.83. The van der Waals surface area contributed by atoms with E-state index in [1.165, 1.54) is 25.7 Å². The summed E-state index contributed by atoms with van der Waals surface area (Å²) in [7, 11) is 0. The summed E-state index contributed by atoms with van der Waals surface area (Å²) in [4.78, 5) is 4.66. The van der Waals surface area contributed by atoms with Crippen LogP contribution in [0.25, 0.3) is 0 Å². The van der Waals surface area contributed by atoms with Gasteiger partial charge >= 0.3 is 0 Å². The highest BCUT2D eigenvalue weighted by Gasteiger charge is 2.24. The quantitative estimate of drug-likeness (QED) is 0.572. The number of nitrogens with zero attached hydrogens (tertiary/aromatic N) is 1. The minimum atomic E-state index is 0.341. The lowest BCUT2D eigenvalue weighted by atomic mass is 10.0. The van der Waals surface area contributed by atoms with Crippen LogP contribution in [0.5, 0.6) is 0 Å². The summed E-state index contributed by atoms with van der Waals surface area (Å²) in [6, 6.07) is 0.341. The molecule has 2 atom stereocenters. The first-order chi connectivity index (χ1) is 7.27. The van der Waals surface area contributed by atoms with Crippen LogP contribution in [0.15, 0.2) is 4.99 Å². The Morgan fingerprint density at radius 2 is 2.07 bits per heavy atom. The fraction of sp³-hybridized carbons (Fsp3) is 0.917. The van der Waals surface area contributed by atoms with E-state index >= 15 is 0 Å². The molecule has 86 valence electrons. The van der Waals surface area contributed by atoms with Gasteiger partial charge in [0.2, 0.25) is 0 Å². The van der Waals surface area contributed by atoms with E-state index in [9.17, 15) is 0 Å². The summed E-state index contributed by atoms with van der Waals surface area (Å²) < 4.78 is 5.38. The van der Waals surface area contributed by atoms with Gasteiger partial charge in [-0.2, -0.15) is 0 Å². The summed E-state index contributed by atoms with van der Waals surface area (Å²) in [6.45, 7) is 3.93. The standard InChI is InChI=1S/C12H22N2O/c1-9(11-6-7-15-8-11)14-12(13)10-4-2-3-5-10/h9-11H,2-8H2,1H3,(H2,13,14). The van der Waals surface area contributed by atoms with Gasteiger partial charge in [0, 0.05) is 18.4 Å². The molecular formula is C12H22N2O. The van der Waals surface area contributed by atoms with Crippen molar-refractivity contribution in [1.82, 2.24) is 0 Å². The van der Waals surface area contributed by atoms with Crippen LogP contribution < -0.4 is 5.73 Å². The van der Waals surface area contributed by atoms with Crippen LogP contribution in [-0.4, -0.2) is 25.1 Å². The maximum atomic E-state index is 6.06. The monoisotopic (exact) mass is 210 g/mol. The molecule has 1 heterocycles. The van der Waals surface area contributed by atoms with Crippen LogP contribution >= 0.6 is 0 Å². The zero-order valence-electron chi connectivity index (χ0n) is 9.61. The molecule has 2 aliphatic rings. The van der Waals surface area contributed by atoms with Crippen molar-refractivity contribution in [3.8, 4) is 0 Å². The predicted octanol–water partition coefficient (Wildman–Crippen LogP) is 1.96. The molecule has 0 aromatic rings. The predicted molar refractivity (Wildman–Crippen MR) is 62.0 cm³/mol. The largest absolute Gasteiger partial charge is 0.387 e. The Morgan fingerprint density at radius 3 is 2.67 bits per heavy atom. The third kappa shape index (κ3) is 2.71. The average Bonchev–Trinajstić information content (AvgIpc) is 2.91. The minimum absolute atomic E-state index is 0.341. The topological polar surface area (TPSA) is 47.6 Å². The smallest absolute Gasteiger partial charge is 0.0971 e. The zero-order chi connectivity index (χ0) is 10.7. The molecule has 2 N–H and O–H groups in total. The third-order valence-electron chi connectivity index (χ3n) is 3.77. The molecule has 3 nitrogen and oxygen atoms in total. The van der Waals surface area contributed by atoms with Crippen molar-refractivity contribution in [3.05, 3.63) is 0 Å². The first kappa shape index (κ1) is 10.9. The number of rotatable bonds is 3. The molecule has 1 saturated carbocycles. The van der Waals surface area contributed by atoms with E-state index in [1.54, 1.807) is 0 Å². The molecule has 15 heavy (non-hydrogen) atoms. The Bertz CT molecular complexity index is 228. The van der Waals surface area contributed by atoms with Crippen LogP contribution in [0.2, 0.25) is 0 Å². The summed E-state index contributed by atoms with van der Waals surface area (Å²) >= 11 is 0. The highest BCUT2D eigenvalue weighted by Crippen LogP contribution is 2.26. The molecule has 0 radical (unpaired) electrons. The Balaban J connectivity index is 1.89. The Morgan fingerprint density at radius 1 is 1.33 bits per heavy atom. The van der Waals surface area contributed by atoms with Crippen molar-refractivity contribution in [2.75, 3.05) is 13.2 Å². The van der Waals surface area contributed by atoms with E-state index in [0.29, 0.717) is 17.9 Å². The molecule has 0 aromatic carbocycles. The maximum absolute atomic E-state index is 6.06. The van der Waals surface area contributed by atoms with E-state index < -0.39 is 0 Å². The molecule has 1 saturated heterocycles. The molecule has 2 unspecified atom stereocenters. The number of aliphatic imine (C=N–C) groups is 1. The van der Waals surface area contributed by atoms with Crippen LogP contribution in [-0.2, 0) is 4.74 Å². The SMILES string of the molecule is CC(N=C(N)C1CCCC1)C1CCOC1. The number of hydrogen-bond acceptors (Lipinski definition) is 2. The van der Waals surface area contributed by atoms with Gasteiger partial charge in [0.25, 0.3) is 0 Å². The Kier molecular flexibility index (Phi) is 3.62. The highest BCUT2D eigenvalue weighted by atomic mass is 16.5. The van der Waals surface area contributed by atoms with Gasteiger partial charge < -0.3 is 10.5 Å². The molecule has 1 aliphatic carbocycles. The lowest BCUT2D eigenvalue weighted by Gasteiger charge is -2.16. The normalized spacial score (nSPS) is 31.0. The second-order valence-corrected chi connectivity index (χ2v) is 4.90. The molecule has 2 rings (SSSR count). The fourth-order valence-corrected chi connectivity index (χ4v) is 2.60. The Labute approximate surface area is 92.1 Å². The molecule has 0 spiro atoms. The van der Waals surface area contributed by atoms with Crippen LogP contribution in [0.1, 0.15) is 39.0 Å². The van der Waals surface area contributed by atoms with E-state index in [-0.39, 0.29) is 0 Å².